The summed E-state index contributed by atoms with van der Waals surface area (Å²) >= 11 is 0. The third kappa shape index (κ3) is 2.08. The molecular weight excluding hydrogens is 230 g/mol. The van der Waals surface area contributed by atoms with Gasteiger partial charge in [0.25, 0.3) is 0 Å². The van der Waals surface area contributed by atoms with Gasteiger partial charge in [-0.05, 0) is 41.2 Å². The number of benzene rings is 2. The minimum absolute atomic E-state index is 0.894. The van der Waals surface area contributed by atoms with E-state index in [1.54, 1.807) is 0 Å². The van der Waals surface area contributed by atoms with Gasteiger partial charge in [0.15, 0.2) is 0 Å². The van der Waals surface area contributed by atoms with Crippen LogP contribution < -0.4 is 0 Å². The Kier molecular flexibility index (Phi) is 2.66. The first kappa shape index (κ1) is 11.2. The minimum Gasteiger partial charge on any atom is -0.296 e. The van der Waals surface area contributed by atoms with Crippen LogP contribution in [-0.4, -0.2) is 24.0 Å². The molecule has 1 heteroatoms. The molecular formula is C18H19N. The molecule has 0 atom stereocenters. The zero-order valence-corrected chi connectivity index (χ0v) is 11.2. The van der Waals surface area contributed by atoms with Crippen molar-refractivity contribution in [2.75, 3.05) is 13.1 Å². The quantitative estimate of drug-likeness (QED) is 0.775. The predicted octanol–water partition coefficient (Wildman–Crippen LogP) is 4.09. The summed E-state index contributed by atoms with van der Waals surface area (Å²) < 4.78 is 0. The molecule has 1 saturated carbocycles. The van der Waals surface area contributed by atoms with Gasteiger partial charge in [-0.3, -0.25) is 4.90 Å². The molecule has 0 bridgehead atoms. The average Bonchev–Trinajstić information content (AvgIpc) is 3.32. The lowest BCUT2D eigenvalue weighted by Gasteiger charge is -2.26. The molecule has 1 heterocycles. The van der Waals surface area contributed by atoms with Crippen LogP contribution in [0.15, 0.2) is 48.5 Å². The Hall–Kier alpha value is -1.60. The van der Waals surface area contributed by atoms with Gasteiger partial charge in [0.2, 0.25) is 0 Å². The fraction of sp³-hybridized carbons (Fsp3) is 0.333. The second-order valence-corrected chi connectivity index (χ2v) is 5.73. The smallest absolute Gasteiger partial charge is 0.0172 e. The van der Waals surface area contributed by atoms with Crippen LogP contribution in [0, 0.1) is 0 Å². The Morgan fingerprint density at radius 2 is 1.79 bits per heavy atom. The number of fused-ring (bicyclic) bond motifs is 1. The molecule has 2 aliphatic rings. The number of rotatable bonds is 2. The summed E-state index contributed by atoms with van der Waals surface area (Å²) in [6.45, 7) is 2.38. The van der Waals surface area contributed by atoms with Gasteiger partial charge in [0.05, 0.1) is 0 Å². The SMILES string of the molecule is C1=C(c2cccc3ccccc23)CCN(C2CC2)C1. The molecule has 1 aliphatic heterocycles. The maximum atomic E-state index is 2.63. The summed E-state index contributed by atoms with van der Waals surface area (Å²) in [5, 5.41) is 2.75. The van der Waals surface area contributed by atoms with E-state index >= 15 is 0 Å². The van der Waals surface area contributed by atoms with Crippen molar-refractivity contribution >= 4 is 16.3 Å². The fourth-order valence-electron chi connectivity index (χ4n) is 3.21. The zero-order chi connectivity index (χ0) is 12.7. The van der Waals surface area contributed by atoms with E-state index in [0.29, 0.717) is 0 Å². The van der Waals surface area contributed by atoms with Crippen molar-refractivity contribution in [1.82, 2.24) is 4.90 Å². The third-order valence-electron chi connectivity index (χ3n) is 4.44. The summed E-state index contributed by atoms with van der Waals surface area (Å²) in [4.78, 5) is 2.63. The van der Waals surface area contributed by atoms with Crippen LogP contribution >= 0.6 is 0 Å². The van der Waals surface area contributed by atoms with Gasteiger partial charge in [-0.15, -0.1) is 0 Å². The van der Waals surface area contributed by atoms with Crippen LogP contribution in [0.5, 0.6) is 0 Å². The maximum Gasteiger partial charge on any atom is 0.0172 e. The maximum absolute atomic E-state index is 2.63. The van der Waals surface area contributed by atoms with Crippen molar-refractivity contribution < 1.29 is 0 Å². The molecule has 0 N–H and O–H groups in total. The molecule has 96 valence electrons. The van der Waals surface area contributed by atoms with Crippen molar-refractivity contribution in [1.29, 1.82) is 0 Å². The van der Waals surface area contributed by atoms with Crippen molar-refractivity contribution in [3.05, 3.63) is 54.1 Å². The summed E-state index contributed by atoms with van der Waals surface area (Å²) in [7, 11) is 0. The second kappa shape index (κ2) is 4.50. The molecule has 1 aliphatic carbocycles. The van der Waals surface area contributed by atoms with Gasteiger partial charge >= 0.3 is 0 Å². The summed E-state index contributed by atoms with van der Waals surface area (Å²) in [6.07, 6.45) is 6.48. The van der Waals surface area contributed by atoms with E-state index in [1.165, 1.54) is 47.7 Å². The van der Waals surface area contributed by atoms with Crippen molar-refractivity contribution in [2.24, 2.45) is 0 Å². The molecule has 1 nitrogen and oxygen atoms in total. The van der Waals surface area contributed by atoms with Crippen LogP contribution in [0.4, 0.5) is 0 Å². The van der Waals surface area contributed by atoms with Gasteiger partial charge in [-0.25, -0.2) is 0 Å². The molecule has 19 heavy (non-hydrogen) atoms. The highest BCUT2D eigenvalue weighted by molar-refractivity contribution is 5.94. The van der Waals surface area contributed by atoms with E-state index in [0.717, 1.165) is 12.6 Å². The van der Waals surface area contributed by atoms with Gasteiger partial charge in [0.1, 0.15) is 0 Å². The first-order valence-corrected chi connectivity index (χ1v) is 7.33. The predicted molar refractivity (Wildman–Crippen MR) is 81.1 cm³/mol. The van der Waals surface area contributed by atoms with Crippen molar-refractivity contribution in [3.8, 4) is 0 Å². The van der Waals surface area contributed by atoms with Gasteiger partial charge in [0, 0.05) is 19.1 Å². The van der Waals surface area contributed by atoms with E-state index in [9.17, 15) is 0 Å². The third-order valence-corrected chi connectivity index (χ3v) is 4.44. The minimum atomic E-state index is 0.894. The number of hydrogen-bond acceptors (Lipinski definition) is 1. The first-order valence-electron chi connectivity index (χ1n) is 7.33. The molecule has 4 rings (SSSR count). The Morgan fingerprint density at radius 1 is 0.947 bits per heavy atom. The van der Waals surface area contributed by atoms with Crippen LogP contribution in [-0.2, 0) is 0 Å². The lowest BCUT2D eigenvalue weighted by atomic mass is 9.94. The summed E-state index contributed by atoms with van der Waals surface area (Å²) in [5.74, 6) is 0. The Bertz CT molecular complexity index is 632. The molecule has 1 fully saturated rings. The largest absolute Gasteiger partial charge is 0.296 e. The van der Waals surface area contributed by atoms with Crippen molar-refractivity contribution in [2.45, 2.75) is 25.3 Å². The van der Waals surface area contributed by atoms with Crippen LogP contribution in [0.1, 0.15) is 24.8 Å². The van der Waals surface area contributed by atoms with E-state index in [1.807, 2.05) is 0 Å². The van der Waals surface area contributed by atoms with E-state index in [2.05, 4.69) is 53.4 Å². The van der Waals surface area contributed by atoms with Crippen LogP contribution in [0.3, 0.4) is 0 Å². The first-order chi connectivity index (χ1) is 9.42. The topological polar surface area (TPSA) is 3.24 Å². The highest BCUT2D eigenvalue weighted by Gasteiger charge is 2.29. The van der Waals surface area contributed by atoms with Gasteiger partial charge < -0.3 is 0 Å². The molecule has 2 aromatic rings. The average molecular weight is 249 g/mol. The monoisotopic (exact) mass is 249 g/mol. The molecule has 0 saturated heterocycles. The van der Waals surface area contributed by atoms with E-state index in [-0.39, 0.29) is 0 Å². The number of nitrogens with zero attached hydrogens (tertiary/aromatic N) is 1. The van der Waals surface area contributed by atoms with Gasteiger partial charge in [-0.2, -0.15) is 0 Å². The van der Waals surface area contributed by atoms with Gasteiger partial charge in [-0.1, -0.05) is 48.5 Å². The second-order valence-electron chi connectivity index (χ2n) is 5.73. The molecule has 0 radical (unpaired) electrons. The van der Waals surface area contributed by atoms with E-state index < -0.39 is 0 Å². The zero-order valence-electron chi connectivity index (χ0n) is 11.2. The summed E-state index contributed by atoms with van der Waals surface area (Å²) in [6, 6.07) is 16.3. The van der Waals surface area contributed by atoms with Crippen molar-refractivity contribution in [3.63, 3.8) is 0 Å². The fourth-order valence-corrected chi connectivity index (χ4v) is 3.21. The standard InChI is InChI=1S/C18H19N/c1-2-6-17-14(4-1)5-3-7-18(17)15-10-12-19(13-11-15)16-8-9-16/h1-7,10,16H,8-9,11-13H2. The molecule has 0 amide bonds. The molecule has 0 unspecified atom stereocenters. The van der Waals surface area contributed by atoms with E-state index in [4.69, 9.17) is 0 Å². The van der Waals surface area contributed by atoms with Crippen LogP contribution in [0.25, 0.3) is 16.3 Å². The molecule has 0 spiro atoms. The highest BCUT2D eigenvalue weighted by Crippen LogP contribution is 2.33. The highest BCUT2D eigenvalue weighted by atomic mass is 15.2. The Labute approximate surface area is 114 Å². The number of hydrogen-bond donors (Lipinski definition) is 0. The lowest BCUT2D eigenvalue weighted by molar-refractivity contribution is 0.291. The Balaban J connectivity index is 1.70. The lowest BCUT2D eigenvalue weighted by Crippen LogP contribution is -2.30. The van der Waals surface area contributed by atoms with Crippen LogP contribution in [0.2, 0.25) is 0 Å². The Morgan fingerprint density at radius 3 is 2.58 bits per heavy atom. The molecule has 2 aromatic carbocycles. The normalized spacial score (nSPS) is 20.5. The summed E-state index contributed by atoms with van der Waals surface area (Å²) in [5.41, 5.74) is 2.97. The molecule has 0 aromatic heterocycles.